The summed E-state index contributed by atoms with van der Waals surface area (Å²) < 4.78 is 0. The van der Waals surface area contributed by atoms with E-state index in [0.29, 0.717) is 5.92 Å². The second kappa shape index (κ2) is 6.41. The predicted molar refractivity (Wildman–Crippen MR) is 51.8 cm³/mol. The molecule has 0 aromatic heterocycles. The zero-order chi connectivity index (χ0) is 8.69. The first-order valence-electron chi connectivity index (χ1n) is 4.50. The lowest BCUT2D eigenvalue weighted by Crippen LogP contribution is -2.07. The van der Waals surface area contributed by atoms with Crippen LogP contribution in [0.2, 0.25) is 0 Å². The molecule has 1 nitrogen and oxygen atoms in total. The minimum Gasteiger partial charge on any atom is -0.320 e. The van der Waals surface area contributed by atoms with Gasteiger partial charge in [0.1, 0.15) is 0 Å². The minimum atomic E-state index is 0.657. The smallest absolute Gasteiger partial charge is 0.00518 e. The Morgan fingerprint density at radius 3 is 2.45 bits per heavy atom. The van der Waals surface area contributed by atoms with E-state index in [-0.39, 0.29) is 0 Å². The molecule has 0 amide bonds. The Hall–Kier alpha value is -0.300. The molecule has 0 radical (unpaired) electrons. The van der Waals surface area contributed by atoms with E-state index in [1.165, 1.54) is 24.8 Å². The van der Waals surface area contributed by atoms with Gasteiger partial charge in [-0.3, -0.25) is 0 Å². The first-order chi connectivity index (χ1) is 5.18. The van der Waals surface area contributed by atoms with Gasteiger partial charge in [-0.2, -0.15) is 0 Å². The molecule has 0 atom stereocenters. The van der Waals surface area contributed by atoms with E-state index in [1.54, 1.807) is 0 Å². The van der Waals surface area contributed by atoms with Crippen molar-refractivity contribution in [2.45, 2.75) is 33.1 Å². The topological polar surface area (TPSA) is 12.0 Å². The maximum atomic E-state index is 4.03. The zero-order valence-corrected chi connectivity index (χ0v) is 8.11. The number of nitrogens with one attached hydrogen (secondary N) is 1. The highest BCUT2D eigenvalue weighted by Gasteiger charge is 1.98. The fourth-order valence-electron chi connectivity index (χ4n) is 0.943. The molecule has 0 rings (SSSR count). The Morgan fingerprint density at radius 2 is 2.00 bits per heavy atom. The summed E-state index contributed by atoms with van der Waals surface area (Å²) >= 11 is 0. The Bertz CT molecular complexity index is 105. The first kappa shape index (κ1) is 10.7. The molecular weight excluding hydrogens is 134 g/mol. The van der Waals surface area contributed by atoms with Crippen molar-refractivity contribution >= 4 is 0 Å². The van der Waals surface area contributed by atoms with Crippen molar-refractivity contribution in [3.63, 3.8) is 0 Å². The standard InChI is InChI=1S/C10H21N/c1-9(2)10(3)7-5-6-8-11-4/h9,11H,3,5-8H2,1-2,4H3. The van der Waals surface area contributed by atoms with Crippen molar-refractivity contribution < 1.29 is 0 Å². The minimum absolute atomic E-state index is 0.657. The van der Waals surface area contributed by atoms with Crippen LogP contribution in [0, 0.1) is 5.92 Å². The number of allylic oxidation sites excluding steroid dienone is 1. The summed E-state index contributed by atoms with van der Waals surface area (Å²) in [6.45, 7) is 9.58. The molecule has 1 N–H and O–H groups in total. The van der Waals surface area contributed by atoms with E-state index in [0.717, 1.165) is 6.54 Å². The summed E-state index contributed by atoms with van der Waals surface area (Å²) in [6, 6.07) is 0. The van der Waals surface area contributed by atoms with Gasteiger partial charge in [0, 0.05) is 0 Å². The van der Waals surface area contributed by atoms with E-state index in [4.69, 9.17) is 0 Å². The average Bonchev–Trinajstić information content (AvgIpc) is 1.97. The SMILES string of the molecule is C=C(CCCCNC)C(C)C. The summed E-state index contributed by atoms with van der Waals surface area (Å²) in [5, 5.41) is 3.14. The molecular formula is C10H21N. The van der Waals surface area contributed by atoms with Crippen LogP contribution >= 0.6 is 0 Å². The van der Waals surface area contributed by atoms with E-state index >= 15 is 0 Å². The van der Waals surface area contributed by atoms with Gasteiger partial charge in [0.2, 0.25) is 0 Å². The highest BCUT2D eigenvalue weighted by molar-refractivity contribution is 4.96. The summed E-state index contributed by atoms with van der Waals surface area (Å²) in [7, 11) is 2.00. The lowest BCUT2D eigenvalue weighted by atomic mass is 10.00. The molecule has 66 valence electrons. The van der Waals surface area contributed by atoms with Gasteiger partial charge in [-0.1, -0.05) is 26.0 Å². The first-order valence-corrected chi connectivity index (χ1v) is 4.50. The van der Waals surface area contributed by atoms with Crippen LogP contribution in [0.25, 0.3) is 0 Å². The highest BCUT2D eigenvalue weighted by atomic mass is 14.8. The van der Waals surface area contributed by atoms with Gasteiger partial charge in [-0.15, -0.1) is 0 Å². The van der Waals surface area contributed by atoms with Gasteiger partial charge >= 0.3 is 0 Å². The molecule has 0 aromatic rings. The number of hydrogen-bond donors (Lipinski definition) is 1. The molecule has 0 spiro atoms. The molecule has 0 aliphatic rings. The molecule has 0 bridgehead atoms. The summed E-state index contributed by atoms with van der Waals surface area (Å²) in [5.41, 5.74) is 1.39. The van der Waals surface area contributed by atoms with Gasteiger partial charge in [-0.05, 0) is 38.8 Å². The molecule has 0 unspecified atom stereocenters. The van der Waals surface area contributed by atoms with Crippen molar-refractivity contribution in [1.82, 2.24) is 5.32 Å². The van der Waals surface area contributed by atoms with E-state index in [1.807, 2.05) is 7.05 Å². The Morgan fingerprint density at radius 1 is 1.36 bits per heavy atom. The Balaban J connectivity index is 3.18. The lowest BCUT2D eigenvalue weighted by molar-refractivity contribution is 0.635. The number of hydrogen-bond acceptors (Lipinski definition) is 1. The van der Waals surface area contributed by atoms with Crippen LogP contribution in [0.3, 0.4) is 0 Å². The second-order valence-electron chi connectivity index (χ2n) is 3.37. The quantitative estimate of drug-likeness (QED) is 0.459. The van der Waals surface area contributed by atoms with Gasteiger partial charge in [0.05, 0.1) is 0 Å². The van der Waals surface area contributed by atoms with Crippen LogP contribution in [0.15, 0.2) is 12.2 Å². The van der Waals surface area contributed by atoms with Gasteiger partial charge in [0.15, 0.2) is 0 Å². The van der Waals surface area contributed by atoms with E-state index in [9.17, 15) is 0 Å². The number of rotatable bonds is 6. The van der Waals surface area contributed by atoms with Crippen molar-refractivity contribution in [3.8, 4) is 0 Å². The van der Waals surface area contributed by atoms with Crippen LogP contribution in [0.1, 0.15) is 33.1 Å². The fourth-order valence-corrected chi connectivity index (χ4v) is 0.943. The van der Waals surface area contributed by atoms with Crippen LogP contribution < -0.4 is 5.32 Å². The molecule has 0 aliphatic heterocycles. The maximum absolute atomic E-state index is 4.03. The average molecular weight is 155 g/mol. The molecule has 0 heterocycles. The van der Waals surface area contributed by atoms with Crippen LogP contribution in [0.4, 0.5) is 0 Å². The highest BCUT2D eigenvalue weighted by Crippen LogP contribution is 2.13. The normalized spacial score (nSPS) is 10.5. The van der Waals surface area contributed by atoms with Gasteiger partial charge in [-0.25, -0.2) is 0 Å². The third-order valence-corrected chi connectivity index (χ3v) is 1.99. The van der Waals surface area contributed by atoms with Crippen LogP contribution in [-0.4, -0.2) is 13.6 Å². The molecule has 0 saturated carbocycles. The van der Waals surface area contributed by atoms with Crippen molar-refractivity contribution in [3.05, 3.63) is 12.2 Å². The third-order valence-electron chi connectivity index (χ3n) is 1.99. The second-order valence-corrected chi connectivity index (χ2v) is 3.37. The molecule has 0 aromatic carbocycles. The van der Waals surface area contributed by atoms with Gasteiger partial charge in [0.25, 0.3) is 0 Å². The van der Waals surface area contributed by atoms with E-state index < -0.39 is 0 Å². The summed E-state index contributed by atoms with van der Waals surface area (Å²) in [5.74, 6) is 0.657. The summed E-state index contributed by atoms with van der Waals surface area (Å²) in [4.78, 5) is 0. The largest absolute Gasteiger partial charge is 0.320 e. The fraction of sp³-hybridized carbons (Fsp3) is 0.800. The van der Waals surface area contributed by atoms with E-state index in [2.05, 4.69) is 25.7 Å². The number of unbranched alkanes of at least 4 members (excludes halogenated alkanes) is 1. The molecule has 11 heavy (non-hydrogen) atoms. The third kappa shape index (κ3) is 6.11. The zero-order valence-electron chi connectivity index (χ0n) is 8.11. The molecule has 0 aliphatic carbocycles. The summed E-state index contributed by atoms with van der Waals surface area (Å²) in [6.07, 6.45) is 3.74. The maximum Gasteiger partial charge on any atom is -0.00518 e. The Labute approximate surface area is 70.9 Å². The molecule has 1 heteroatoms. The van der Waals surface area contributed by atoms with Gasteiger partial charge < -0.3 is 5.32 Å². The van der Waals surface area contributed by atoms with Crippen LogP contribution in [-0.2, 0) is 0 Å². The van der Waals surface area contributed by atoms with Crippen LogP contribution in [0.5, 0.6) is 0 Å². The molecule has 0 saturated heterocycles. The predicted octanol–water partition coefficient (Wildman–Crippen LogP) is 2.59. The van der Waals surface area contributed by atoms with Crippen molar-refractivity contribution in [2.24, 2.45) is 5.92 Å². The lowest BCUT2D eigenvalue weighted by Gasteiger charge is -2.08. The Kier molecular flexibility index (Phi) is 6.24. The van der Waals surface area contributed by atoms with Crippen molar-refractivity contribution in [2.75, 3.05) is 13.6 Å². The van der Waals surface area contributed by atoms with Crippen molar-refractivity contribution in [1.29, 1.82) is 0 Å². The monoisotopic (exact) mass is 155 g/mol. The molecule has 0 fully saturated rings.